The first-order chi connectivity index (χ1) is 7.92. The van der Waals surface area contributed by atoms with E-state index in [9.17, 15) is 4.79 Å². The van der Waals surface area contributed by atoms with Crippen molar-refractivity contribution in [3.05, 3.63) is 35.5 Å². The number of aryl methyl sites for hydroxylation is 1. The van der Waals surface area contributed by atoms with E-state index in [1.54, 1.807) is 6.92 Å². The fraction of sp³-hybridized carbons (Fsp3) is 0.400. The van der Waals surface area contributed by atoms with Crippen molar-refractivity contribution in [3.63, 3.8) is 0 Å². The molecule has 1 heterocycles. The number of hydrogen-bond acceptors (Lipinski definition) is 1. The van der Waals surface area contributed by atoms with Crippen molar-refractivity contribution in [1.29, 1.82) is 0 Å². The van der Waals surface area contributed by atoms with Gasteiger partial charge in [0.2, 0.25) is 0 Å². The normalized spacial score (nSPS) is 12.0. The van der Waals surface area contributed by atoms with Crippen LogP contribution in [0.15, 0.2) is 24.4 Å². The highest BCUT2D eigenvalue weighted by Gasteiger charge is 2.25. The highest BCUT2D eigenvalue weighted by molar-refractivity contribution is 5.88. The van der Waals surface area contributed by atoms with Crippen molar-refractivity contribution in [2.75, 3.05) is 0 Å². The molecular formula is C15H19NO. The number of para-hydroxylation sites is 1. The number of carbonyl (C=O) groups is 1. The lowest BCUT2D eigenvalue weighted by Gasteiger charge is -2.22. The first kappa shape index (κ1) is 11.9. The average Bonchev–Trinajstić information content (AvgIpc) is 2.61. The molecule has 0 aliphatic rings. The molecule has 0 spiro atoms. The van der Waals surface area contributed by atoms with E-state index < -0.39 is 0 Å². The topological polar surface area (TPSA) is 32.9 Å². The zero-order valence-corrected chi connectivity index (χ0v) is 10.9. The van der Waals surface area contributed by atoms with Gasteiger partial charge in [-0.15, -0.1) is 0 Å². The van der Waals surface area contributed by atoms with Gasteiger partial charge in [-0.1, -0.05) is 32.0 Å². The number of rotatable bonds is 3. The monoisotopic (exact) mass is 229 g/mol. The van der Waals surface area contributed by atoms with Gasteiger partial charge in [-0.3, -0.25) is 4.79 Å². The van der Waals surface area contributed by atoms with Crippen LogP contribution in [-0.2, 0) is 10.2 Å². The maximum Gasteiger partial charge on any atom is 0.130 e. The molecule has 0 amide bonds. The molecule has 0 aliphatic carbocycles. The molecule has 0 saturated heterocycles. The third kappa shape index (κ3) is 2.12. The van der Waals surface area contributed by atoms with Crippen LogP contribution in [-0.4, -0.2) is 10.8 Å². The number of aromatic nitrogens is 1. The average molecular weight is 229 g/mol. The van der Waals surface area contributed by atoms with Crippen LogP contribution in [0.25, 0.3) is 10.9 Å². The summed E-state index contributed by atoms with van der Waals surface area (Å²) in [5.41, 5.74) is 3.54. The highest BCUT2D eigenvalue weighted by Crippen LogP contribution is 2.34. The smallest absolute Gasteiger partial charge is 0.130 e. The summed E-state index contributed by atoms with van der Waals surface area (Å²) in [6.45, 7) is 8.00. The summed E-state index contributed by atoms with van der Waals surface area (Å²) < 4.78 is 0. The number of aromatic amines is 1. The van der Waals surface area contributed by atoms with Crippen LogP contribution in [0, 0.1) is 6.92 Å². The molecule has 1 aromatic carbocycles. The molecule has 0 atom stereocenters. The lowest BCUT2D eigenvalue weighted by atomic mass is 9.80. The molecule has 0 radical (unpaired) electrons. The van der Waals surface area contributed by atoms with Gasteiger partial charge in [0.05, 0.1) is 0 Å². The molecule has 1 aromatic heterocycles. The van der Waals surface area contributed by atoms with E-state index in [-0.39, 0.29) is 11.2 Å². The molecule has 2 heteroatoms. The molecule has 1 N–H and O–H groups in total. The highest BCUT2D eigenvalue weighted by atomic mass is 16.1. The van der Waals surface area contributed by atoms with E-state index in [2.05, 4.69) is 44.0 Å². The second-order valence-electron chi connectivity index (χ2n) is 5.46. The minimum atomic E-state index is -0.113. The summed E-state index contributed by atoms with van der Waals surface area (Å²) in [4.78, 5) is 14.7. The lowest BCUT2D eigenvalue weighted by Crippen LogP contribution is -2.20. The Morgan fingerprint density at radius 3 is 2.71 bits per heavy atom. The quantitative estimate of drug-likeness (QED) is 0.854. The van der Waals surface area contributed by atoms with Crippen molar-refractivity contribution in [3.8, 4) is 0 Å². The summed E-state index contributed by atoms with van der Waals surface area (Å²) >= 11 is 0. The van der Waals surface area contributed by atoms with Gasteiger partial charge >= 0.3 is 0 Å². The molecule has 0 bridgehead atoms. The van der Waals surface area contributed by atoms with Gasteiger partial charge in [0.15, 0.2) is 0 Å². The maximum absolute atomic E-state index is 11.3. The number of carbonyl (C=O) groups excluding carboxylic acids is 1. The fourth-order valence-electron chi connectivity index (χ4n) is 2.58. The first-order valence-corrected chi connectivity index (χ1v) is 5.98. The first-order valence-electron chi connectivity index (χ1n) is 5.98. The van der Waals surface area contributed by atoms with Gasteiger partial charge in [0.1, 0.15) is 5.78 Å². The summed E-state index contributed by atoms with van der Waals surface area (Å²) in [5.74, 6) is 0.233. The van der Waals surface area contributed by atoms with E-state index in [4.69, 9.17) is 0 Å². The predicted molar refractivity (Wildman–Crippen MR) is 71.4 cm³/mol. The Balaban J connectivity index is 2.56. The third-order valence-electron chi connectivity index (χ3n) is 3.34. The number of fused-ring (bicyclic) bond motifs is 1. The van der Waals surface area contributed by atoms with Crippen LogP contribution in [0.5, 0.6) is 0 Å². The van der Waals surface area contributed by atoms with E-state index in [1.165, 1.54) is 22.0 Å². The minimum Gasteiger partial charge on any atom is -0.361 e. The van der Waals surface area contributed by atoms with E-state index in [1.807, 2.05) is 6.20 Å². The zero-order valence-electron chi connectivity index (χ0n) is 10.9. The minimum absolute atomic E-state index is 0.113. The molecule has 2 aromatic rings. The van der Waals surface area contributed by atoms with Crippen molar-refractivity contribution >= 4 is 16.7 Å². The largest absolute Gasteiger partial charge is 0.361 e. The Labute approximate surface area is 102 Å². The van der Waals surface area contributed by atoms with Crippen molar-refractivity contribution in [2.45, 2.75) is 39.5 Å². The second-order valence-corrected chi connectivity index (χ2v) is 5.46. The molecule has 0 fully saturated rings. The second kappa shape index (κ2) is 4.02. The van der Waals surface area contributed by atoms with Gasteiger partial charge in [-0.05, 0) is 30.4 Å². The Bertz CT molecular complexity index is 563. The number of Topliss-reactive ketones (excluding diaryl/α,β-unsaturated/α-hetero) is 1. The fourth-order valence-corrected chi connectivity index (χ4v) is 2.58. The van der Waals surface area contributed by atoms with E-state index in [0.717, 1.165) is 0 Å². The Kier molecular flexibility index (Phi) is 2.82. The third-order valence-corrected chi connectivity index (χ3v) is 3.34. The van der Waals surface area contributed by atoms with Gasteiger partial charge < -0.3 is 4.98 Å². The molecule has 0 aliphatic heterocycles. The molecule has 2 nitrogen and oxygen atoms in total. The van der Waals surface area contributed by atoms with Crippen LogP contribution >= 0.6 is 0 Å². The maximum atomic E-state index is 11.3. The number of nitrogens with one attached hydrogen (secondary N) is 1. The van der Waals surface area contributed by atoms with Crippen molar-refractivity contribution in [1.82, 2.24) is 4.98 Å². The summed E-state index contributed by atoms with van der Waals surface area (Å²) in [7, 11) is 0. The zero-order chi connectivity index (χ0) is 12.6. The predicted octanol–water partition coefficient (Wildman–Crippen LogP) is 3.73. The summed E-state index contributed by atoms with van der Waals surface area (Å²) in [6, 6.07) is 6.29. The molecule has 2 rings (SSSR count). The number of benzene rings is 1. The van der Waals surface area contributed by atoms with Gasteiger partial charge in [0.25, 0.3) is 0 Å². The van der Waals surface area contributed by atoms with Crippen LogP contribution in [0.3, 0.4) is 0 Å². The van der Waals surface area contributed by atoms with Crippen LogP contribution < -0.4 is 0 Å². The Morgan fingerprint density at radius 2 is 2.06 bits per heavy atom. The molecule has 17 heavy (non-hydrogen) atoms. The molecular weight excluding hydrogens is 210 g/mol. The number of hydrogen-bond donors (Lipinski definition) is 1. The Morgan fingerprint density at radius 1 is 1.35 bits per heavy atom. The van der Waals surface area contributed by atoms with Crippen molar-refractivity contribution in [2.24, 2.45) is 0 Å². The lowest BCUT2D eigenvalue weighted by molar-refractivity contribution is -0.118. The van der Waals surface area contributed by atoms with Gasteiger partial charge in [-0.2, -0.15) is 0 Å². The Hall–Kier alpha value is -1.57. The summed E-state index contributed by atoms with van der Waals surface area (Å²) in [6.07, 6.45) is 2.62. The van der Waals surface area contributed by atoms with Gasteiger partial charge in [0, 0.05) is 23.5 Å². The van der Waals surface area contributed by atoms with Crippen molar-refractivity contribution < 1.29 is 4.79 Å². The number of H-pyrrole nitrogens is 1. The SMILES string of the molecule is CC(=O)CC(C)(C)c1c[nH]c2c(C)cccc12. The molecule has 0 saturated carbocycles. The summed E-state index contributed by atoms with van der Waals surface area (Å²) in [5, 5.41) is 1.23. The molecule has 90 valence electrons. The van der Waals surface area contributed by atoms with E-state index in [0.29, 0.717) is 6.42 Å². The van der Waals surface area contributed by atoms with E-state index >= 15 is 0 Å². The van der Waals surface area contributed by atoms with Crippen LogP contribution in [0.1, 0.15) is 38.3 Å². The standard InChI is InChI=1S/C15H19NO/c1-10-6-5-7-12-13(9-16-14(10)12)15(3,4)8-11(2)17/h5-7,9,16H,8H2,1-4H3. The number of ketones is 1. The molecule has 0 unspecified atom stereocenters. The van der Waals surface area contributed by atoms with Crippen LogP contribution in [0.4, 0.5) is 0 Å². The van der Waals surface area contributed by atoms with Gasteiger partial charge in [-0.25, -0.2) is 0 Å². The van der Waals surface area contributed by atoms with Crippen LogP contribution in [0.2, 0.25) is 0 Å².